The molecular weight excluding hydrogens is 197 g/mol. The third-order valence-electron chi connectivity index (χ3n) is 2.01. The van der Waals surface area contributed by atoms with Crippen LogP contribution in [0.25, 0.3) is 0 Å². The van der Waals surface area contributed by atoms with Gasteiger partial charge in [-0.05, 0) is 25.7 Å². The summed E-state index contributed by atoms with van der Waals surface area (Å²) in [6.07, 6.45) is -5.70. The van der Waals surface area contributed by atoms with Gasteiger partial charge >= 0.3 is 6.18 Å². The lowest BCUT2D eigenvalue weighted by Crippen LogP contribution is -2.19. The van der Waals surface area contributed by atoms with E-state index in [-0.39, 0.29) is 6.42 Å². The van der Waals surface area contributed by atoms with E-state index in [0.717, 1.165) is 0 Å². The number of halogens is 3. The maximum Gasteiger partial charge on any atom is 0.391 e. The van der Waals surface area contributed by atoms with E-state index in [4.69, 9.17) is 10.2 Å². The van der Waals surface area contributed by atoms with Gasteiger partial charge in [0.15, 0.2) is 0 Å². The highest BCUT2D eigenvalue weighted by atomic mass is 19.4. The lowest BCUT2D eigenvalue weighted by atomic mass is 10.1. The monoisotopic (exact) mass is 214 g/mol. The van der Waals surface area contributed by atoms with Gasteiger partial charge in [0, 0.05) is 0 Å². The number of hydrogen-bond acceptors (Lipinski definition) is 2. The van der Waals surface area contributed by atoms with Gasteiger partial charge in [-0.3, -0.25) is 0 Å². The van der Waals surface area contributed by atoms with Crippen molar-refractivity contribution in [3.05, 3.63) is 0 Å². The van der Waals surface area contributed by atoms with Gasteiger partial charge in [0.2, 0.25) is 0 Å². The number of aliphatic hydroxyl groups is 2. The van der Waals surface area contributed by atoms with Crippen molar-refractivity contribution in [2.45, 2.75) is 57.4 Å². The van der Waals surface area contributed by atoms with Gasteiger partial charge < -0.3 is 10.2 Å². The topological polar surface area (TPSA) is 40.5 Å². The Kier molecular flexibility index (Phi) is 6.11. The van der Waals surface area contributed by atoms with Crippen LogP contribution in [0.1, 0.15) is 39.0 Å². The zero-order valence-electron chi connectivity index (χ0n) is 8.22. The Bertz CT molecular complexity index is 147. The molecule has 5 heteroatoms. The summed E-state index contributed by atoms with van der Waals surface area (Å²) in [5, 5.41) is 18.1. The van der Waals surface area contributed by atoms with E-state index in [1.54, 1.807) is 6.92 Å². The van der Waals surface area contributed by atoms with Crippen LogP contribution in [-0.4, -0.2) is 28.6 Å². The van der Waals surface area contributed by atoms with E-state index in [1.165, 1.54) is 0 Å². The summed E-state index contributed by atoms with van der Waals surface area (Å²) in [4.78, 5) is 0. The summed E-state index contributed by atoms with van der Waals surface area (Å²) in [7, 11) is 0. The molecule has 86 valence electrons. The zero-order valence-corrected chi connectivity index (χ0v) is 8.22. The average molecular weight is 214 g/mol. The molecule has 0 aliphatic heterocycles. The number of aliphatic hydroxyl groups excluding tert-OH is 2. The molecule has 0 saturated heterocycles. The van der Waals surface area contributed by atoms with Crippen molar-refractivity contribution >= 4 is 0 Å². The minimum Gasteiger partial charge on any atom is -0.393 e. The normalized spacial score (nSPS) is 16.7. The molecule has 0 amide bonds. The van der Waals surface area contributed by atoms with Gasteiger partial charge in [-0.1, -0.05) is 6.92 Å². The molecule has 0 aromatic heterocycles. The molecule has 0 rings (SSSR count). The molecule has 0 aliphatic rings. The molecule has 2 nitrogen and oxygen atoms in total. The highest BCUT2D eigenvalue weighted by molar-refractivity contribution is 4.63. The lowest BCUT2D eigenvalue weighted by Gasteiger charge is -2.13. The fraction of sp³-hybridized carbons (Fsp3) is 1.00. The third-order valence-corrected chi connectivity index (χ3v) is 2.01. The van der Waals surface area contributed by atoms with Crippen LogP contribution in [0.2, 0.25) is 0 Å². The van der Waals surface area contributed by atoms with Crippen LogP contribution in [0.4, 0.5) is 13.2 Å². The maximum absolute atomic E-state index is 11.7. The minimum absolute atomic E-state index is 0.0938. The van der Waals surface area contributed by atoms with Gasteiger partial charge in [0.25, 0.3) is 0 Å². The Morgan fingerprint density at radius 2 is 1.57 bits per heavy atom. The SMILES string of the molecule is CCC(O)CCCC(O)CC(F)(F)F. The smallest absolute Gasteiger partial charge is 0.391 e. The van der Waals surface area contributed by atoms with Crippen LogP contribution in [0.5, 0.6) is 0 Å². The predicted octanol–water partition coefficient (Wildman–Crippen LogP) is 2.24. The van der Waals surface area contributed by atoms with Crippen molar-refractivity contribution in [2.24, 2.45) is 0 Å². The predicted molar refractivity (Wildman–Crippen MR) is 46.8 cm³/mol. The van der Waals surface area contributed by atoms with Crippen molar-refractivity contribution in [1.29, 1.82) is 0 Å². The van der Waals surface area contributed by atoms with E-state index >= 15 is 0 Å². The molecule has 2 unspecified atom stereocenters. The molecule has 0 aliphatic carbocycles. The minimum atomic E-state index is -4.30. The summed E-state index contributed by atoms with van der Waals surface area (Å²) in [6.45, 7) is 1.80. The molecule has 0 fully saturated rings. The third kappa shape index (κ3) is 8.31. The summed E-state index contributed by atoms with van der Waals surface area (Å²) < 4.78 is 35.2. The molecule has 2 atom stereocenters. The molecule has 0 heterocycles. The fourth-order valence-corrected chi connectivity index (χ4v) is 1.16. The summed E-state index contributed by atoms with van der Waals surface area (Å²) in [5.74, 6) is 0. The summed E-state index contributed by atoms with van der Waals surface area (Å²) in [5.41, 5.74) is 0. The van der Waals surface area contributed by atoms with E-state index in [0.29, 0.717) is 19.3 Å². The first-order valence-corrected chi connectivity index (χ1v) is 4.78. The summed E-state index contributed by atoms with van der Waals surface area (Å²) >= 11 is 0. The number of rotatable bonds is 6. The molecule has 0 radical (unpaired) electrons. The standard InChI is InChI=1S/C9H17F3O2/c1-2-7(13)4-3-5-8(14)6-9(10,11)12/h7-8,13-14H,2-6H2,1H3. The Balaban J connectivity index is 3.50. The van der Waals surface area contributed by atoms with Crippen LogP contribution < -0.4 is 0 Å². The van der Waals surface area contributed by atoms with Crippen LogP contribution in [-0.2, 0) is 0 Å². The van der Waals surface area contributed by atoms with E-state index < -0.39 is 24.8 Å². The number of hydrogen-bond donors (Lipinski definition) is 2. The van der Waals surface area contributed by atoms with Gasteiger partial charge in [-0.25, -0.2) is 0 Å². The lowest BCUT2D eigenvalue weighted by molar-refractivity contribution is -0.154. The summed E-state index contributed by atoms with van der Waals surface area (Å²) in [6, 6.07) is 0. The van der Waals surface area contributed by atoms with Gasteiger partial charge in [0.1, 0.15) is 0 Å². The molecule has 0 spiro atoms. The largest absolute Gasteiger partial charge is 0.393 e. The molecule has 0 aromatic carbocycles. The van der Waals surface area contributed by atoms with Crippen molar-refractivity contribution in [2.75, 3.05) is 0 Å². The maximum atomic E-state index is 11.7. The number of alkyl halides is 3. The molecule has 2 N–H and O–H groups in total. The van der Waals surface area contributed by atoms with Crippen molar-refractivity contribution in [3.63, 3.8) is 0 Å². The quantitative estimate of drug-likeness (QED) is 0.711. The highest BCUT2D eigenvalue weighted by Gasteiger charge is 2.30. The van der Waals surface area contributed by atoms with E-state index in [9.17, 15) is 13.2 Å². The van der Waals surface area contributed by atoms with Crippen LogP contribution in [0.3, 0.4) is 0 Å². The molecule has 0 bridgehead atoms. The van der Waals surface area contributed by atoms with Crippen molar-refractivity contribution < 1.29 is 23.4 Å². The Hall–Kier alpha value is -0.290. The first kappa shape index (κ1) is 13.7. The van der Waals surface area contributed by atoms with Crippen LogP contribution in [0.15, 0.2) is 0 Å². The zero-order chi connectivity index (χ0) is 11.2. The van der Waals surface area contributed by atoms with Crippen LogP contribution in [0, 0.1) is 0 Å². The van der Waals surface area contributed by atoms with Crippen LogP contribution >= 0.6 is 0 Å². The van der Waals surface area contributed by atoms with Gasteiger partial charge in [-0.15, -0.1) is 0 Å². The molecule has 14 heavy (non-hydrogen) atoms. The molecule has 0 aromatic rings. The van der Waals surface area contributed by atoms with Gasteiger partial charge in [-0.2, -0.15) is 13.2 Å². The second kappa shape index (κ2) is 6.24. The molecule has 0 saturated carbocycles. The Morgan fingerprint density at radius 3 is 2.00 bits per heavy atom. The van der Waals surface area contributed by atoms with E-state index in [1.807, 2.05) is 0 Å². The van der Waals surface area contributed by atoms with Crippen molar-refractivity contribution in [1.82, 2.24) is 0 Å². The van der Waals surface area contributed by atoms with E-state index in [2.05, 4.69) is 0 Å². The molecular formula is C9H17F3O2. The second-order valence-corrected chi connectivity index (χ2v) is 3.47. The highest BCUT2D eigenvalue weighted by Crippen LogP contribution is 2.23. The average Bonchev–Trinajstić information content (AvgIpc) is 2.00. The van der Waals surface area contributed by atoms with Gasteiger partial charge in [0.05, 0.1) is 18.6 Å². The Labute approximate surface area is 81.7 Å². The fourth-order valence-electron chi connectivity index (χ4n) is 1.16. The first-order valence-electron chi connectivity index (χ1n) is 4.78. The van der Waals surface area contributed by atoms with Crippen molar-refractivity contribution in [3.8, 4) is 0 Å². The Morgan fingerprint density at radius 1 is 1.07 bits per heavy atom. The first-order chi connectivity index (χ1) is 6.35. The second-order valence-electron chi connectivity index (χ2n) is 3.47.